The third kappa shape index (κ3) is 5.46. The number of hydrogen-bond donors (Lipinski definition) is 2. The highest BCUT2D eigenvalue weighted by atomic mass is 16.5. The van der Waals surface area contributed by atoms with Crippen molar-refractivity contribution in [2.45, 2.75) is 18.6 Å². The summed E-state index contributed by atoms with van der Waals surface area (Å²) in [4.78, 5) is 14.3. The first-order valence-corrected chi connectivity index (χ1v) is 7.46. The highest BCUT2D eigenvalue weighted by Gasteiger charge is 2.20. The zero-order valence-corrected chi connectivity index (χ0v) is 12.8. The number of ether oxygens (including phenoxy) is 1. The number of rotatable bonds is 6. The quantitative estimate of drug-likeness (QED) is 0.813. The molecule has 1 amide bonds. The van der Waals surface area contributed by atoms with Crippen LogP contribution in [-0.2, 0) is 9.53 Å². The van der Waals surface area contributed by atoms with E-state index in [0.717, 1.165) is 25.2 Å². The summed E-state index contributed by atoms with van der Waals surface area (Å²) in [6.07, 6.45) is 0.388. The Balaban J connectivity index is 1.92. The molecule has 0 bridgehead atoms. The summed E-state index contributed by atoms with van der Waals surface area (Å²) in [6, 6.07) is 10.1. The maximum absolute atomic E-state index is 12.2. The van der Waals surface area contributed by atoms with Gasteiger partial charge in [-0.3, -0.25) is 4.79 Å². The molecule has 2 unspecified atom stereocenters. The van der Waals surface area contributed by atoms with Gasteiger partial charge in [-0.15, -0.1) is 0 Å². The van der Waals surface area contributed by atoms with Crippen molar-refractivity contribution in [2.24, 2.45) is 0 Å². The van der Waals surface area contributed by atoms with Gasteiger partial charge in [0.15, 0.2) is 0 Å². The van der Waals surface area contributed by atoms with Gasteiger partial charge < -0.3 is 20.3 Å². The first-order chi connectivity index (χ1) is 10.1. The molecule has 2 N–H and O–H groups in total. The molecule has 5 nitrogen and oxygen atoms in total. The number of nitrogens with zero attached hydrogens (tertiary/aromatic N) is 1. The Morgan fingerprint density at radius 3 is 2.81 bits per heavy atom. The maximum Gasteiger partial charge on any atom is 0.223 e. The third-order valence-electron chi connectivity index (χ3n) is 3.50. The SMILES string of the molecule is CN(C)CC(NC(=O)CC1CNCCO1)c1ccccc1. The Hall–Kier alpha value is -1.43. The van der Waals surface area contributed by atoms with Crippen LogP contribution in [0, 0.1) is 0 Å². The van der Waals surface area contributed by atoms with E-state index in [0.29, 0.717) is 13.0 Å². The molecule has 1 aliphatic heterocycles. The third-order valence-corrected chi connectivity index (χ3v) is 3.50. The topological polar surface area (TPSA) is 53.6 Å². The van der Waals surface area contributed by atoms with Crippen molar-refractivity contribution in [3.05, 3.63) is 35.9 Å². The minimum atomic E-state index is -0.0190. The smallest absolute Gasteiger partial charge is 0.223 e. The van der Waals surface area contributed by atoms with Crippen LogP contribution in [0.2, 0.25) is 0 Å². The number of nitrogens with one attached hydrogen (secondary N) is 2. The molecule has 1 heterocycles. The van der Waals surface area contributed by atoms with E-state index < -0.39 is 0 Å². The van der Waals surface area contributed by atoms with Crippen LogP contribution in [0.25, 0.3) is 0 Å². The van der Waals surface area contributed by atoms with Crippen molar-refractivity contribution in [3.63, 3.8) is 0 Å². The van der Waals surface area contributed by atoms with Crippen LogP contribution in [0.4, 0.5) is 0 Å². The van der Waals surface area contributed by atoms with E-state index in [1.807, 2.05) is 44.4 Å². The second-order valence-corrected chi connectivity index (χ2v) is 5.69. The summed E-state index contributed by atoms with van der Waals surface area (Å²) in [6.45, 7) is 3.07. The molecule has 1 aliphatic rings. The summed E-state index contributed by atoms with van der Waals surface area (Å²) >= 11 is 0. The predicted molar refractivity (Wildman–Crippen MR) is 83.1 cm³/mol. The van der Waals surface area contributed by atoms with Crippen molar-refractivity contribution in [1.82, 2.24) is 15.5 Å². The molecule has 2 rings (SSSR count). The van der Waals surface area contributed by atoms with Gasteiger partial charge in [0.2, 0.25) is 5.91 Å². The highest BCUT2D eigenvalue weighted by molar-refractivity contribution is 5.77. The number of amides is 1. The van der Waals surface area contributed by atoms with Crippen molar-refractivity contribution >= 4 is 5.91 Å². The van der Waals surface area contributed by atoms with Crippen LogP contribution in [0.3, 0.4) is 0 Å². The molecule has 1 fully saturated rings. The fourth-order valence-electron chi connectivity index (χ4n) is 2.50. The number of morpholine rings is 1. The standard InChI is InChI=1S/C16H25N3O2/c1-19(2)12-15(13-6-4-3-5-7-13)18-16(20)10-14-11-17-8-9-21-14/h3-7,14-15,17H,8-12H2,1-2H3,(H,18,20). The van der Waals surface area contributed by atoms with Crippen LogP contribution < -0.4 is 10.6 Å². The largest absolute Gasteiger partial charge is 0.375 e. The van der Waals surface area contributed by atoms with Crippen molar-refractivity contribution in [3.8, 4) is 0 Å². The van der Waals surface area contributed by atoms with Gasteiger partial charge in [-0.1, -0.05) is 30.3 Å². The summed E-state index contributed by atoms with van der Waals surface area (Å²) in [5.41, 5.74) is 1.13. The lowest BCUT2D eigenvalue weighted by molar-refractivity contribution is -0.125. The van der Waals surface area contributed by atoms with Crippen molar-refractivity contribution < 1.29 is 9.53 Å². The Morgan fingerprint density at radius 2 is 2.19 bits per heavy atom. The minimum Gasteiger partial charge on any atom is -0.375 e. The molecule has 2 atom stereocenters. The number of carbonyl (C=O) groups is 1. The van der Waals surface area contributed by atoms with Crippen molar-refractivity contribution in [1.29, 1.82) is 0 Å². The zero-order valence-electron chi connectivity index (χ0n) is 12.8. The fourth-order valence-corrected chi connectivity index (χ4v) is 2.50. The molecule has 0 aromatic heterocycles. The maximum atomic E-state index is 12.2. The molecule has 21 heavy (non-hydrogen) atoms. The monoisotopic (exact) mass is 291 g/mol. The van der Waals surface area contributed by atoms with Gasteiger partial charge in [0.05, 0.1) is 25.2 Å². The second kappa shape index (κ2) is 8.12. The molecular weight excluding hydrogens is 266 g/mol. The lowest BCUT2D eigenvalue weighted by atomic mass is 10.1. The van der Waals surface area contributed by atoms with Gasteiger partial charge in [0.25, 0.3) is 0 Å². The fraction of sp³-hybridized carbons (Fsp3) is 0.562. The summed E-state index contributed by atoms with van der Waals surface area (Å²) in [5.74, 6) is 0.0411. The Morgan fingerprint density at radius 1 is 1.43 bits per heavy atom. The van der Waals surface area contributed by atoms with E-state index >= 15 is 0 Å². The average molecular weight is 291 g/mol. The van der Waals surface area contributed by atoms with E-state index in [4.69, 9.17) is 4.74 Å². The molecule has 0 aliphatic carbocycles. The van der Waals surface area contributed by atoms with E-state index in [2.05, 4.69) is 15.5 Å². The molecule has 0 saturated carbocycles. The zero-order chi connectivity index (χ0) is 15.1. The lowest BCUT2D eigenvalue weighted by Crippen LogP contribution is -2.43. The predicted octanol–water partition coefficient (Wildman–Crippen LogP) is 0.784. The van der Waals surface area contributed by atoms with Gasteiger partial charge >= 0.3 is 0 Å². The lowest BCUT2D eigenvalue weighted by Gasteiger charge is -2.26. The summed E-state index contributed by atoms with van der Waals surface area (Å²) in [5, 5.41) is 6.37. The molecular formula is C16H25N3O2. The number of hydrogen-bond acceptors (Lipinski definition) is 4. The van der Waals surface area contributed by atoms with Crippen LogP contribution >= 0.6 is 0 Å². The Labute approximate surface area is 126 Å². The van der Waals surface area contributed by atoms with Crippen LogP contribution in [0.1, 0.15) is 18.0 Å². The molecule has 0 radical (unpaired) electrons. The van der Waals surface area contributed by atoms with Crippen LogP contribution in [0.15, 0.2) is 30.3 Å². The van der Waals surface area contributed by atoms with Gasteiger partial charge in [0, 0.05) is 19.6 Å². The average Bonchev–Trinajstić information content (AvgIpc) is 2.48. The normalized spacial score (nSPS) is 20.2. The van der Waals surface area contributed by atoms with Gasteiger partial charge in [-0.2, -0.15) is 0 Å². The molecule has 1 aromatic rings. The van der Waals surface area contributed by atoms with E-state index in [1.165, 1.54) is 0 Å². The number of benzene rings is 1. The van der Waals surface area contributed by atoms with Crippen molar-refractivity contribution in [2.75, 3.05) is 40.3 Å². The molecule has 1 aromatic carbocycles. The van der Waals surface area contributed by atoms with E-state index in [-0.39, 0.29) is 18.1 Å². The Kier molecular flexibility index (Phi) is 6.17. The molecule has 0 spiro atoms. The molecule has 116 valence electrons. The molecule has 1 saturated heterocycles. The van der Waals surface area contributed by atoms with Crippen LogP contribution in [-0.4, -0.2) is 57.2 Å². The highest BCUT2D eigenvalue weighted by Crippen LogP contribution is 2.14. The first kappa shape index (κ1) is 15.9. The first-order valence-electron chi connectivity index (χ1n) is 7.46. The Bertz CT molecular complexity index is 430. The summed E-state index contributed by atoms with van der Waals surface area (Å²) < 4.78 is 5.58. The second-order valence-electron chi connectivity index (χ2n) is 5.69. The minimum absolute atomic E-state index is 0.00486. The van der Waals surface area contributed by atoms with E-state index in [1.54, 1.807) is 0 Å². The van der Waals surface area contributed by atoms with Gasteiger partial charge in [0.1, 0.15) is 0 Å². The van der Waals surface area contributed by atoms with Gasteiger partial charge in [-0.25, -0.2) is 0 Å². The molecule has 5 heteroatoms. The summed E-state index contributed by atoms with van der Waals surface area (Å²) in [7, 11) is 4.02. The number of carbonyl (C=O) groups excluding carboxylic acids is 1. The number of likely N-dealkylation sites (N-methyl/N-ethyl adjacent to an activating group) is 1. The van der Waals surface area contributed by atoms with Gasteiger partial charge in [-0.05, 0) is 19.7 Å². The van der Waals surface area contributed by atoms with Crippen LogP contribution in [0.5, 0.6) is 0 Å². The van der Waals surface area contributed by atoms with E-state index in [9.17, 15) is 4.79 Å².